The Morgan fingerprint density at radius 3 is 2.20 bits per heavy atom. The third kappa shape index (κ3) is 3.00. The van der Waals surface area contributed by atoms with E-state index >= 15 is 0 Å². The van der Waals surface area contributed by atoms with Gasteiger partial charge in [-0.2, -0.15) is 0 Å². The zero-order chi connectivity index (χ0) is 15.2. The summed E-state index contributed by atoms with van der Waals surface area (Å²) in [6.07, 6.45) is 0. The lowest BCUT2D eigenvalue weighted by molar-refractivity contribution is -0.710. The van der Waals surface area contributed by atoms with Crippen molar-refractivity contribution in [3.8, 4) is 5.75 Å². The summed E-state index contributed by atoms with van der Waals surface area (Å²) in [5.74, 6) is -2.34. The van der Waals surface area contributed by atoms with Crippen LogP contribution in [0.25, 0.3) is 10.4 Å². The fourth-order valence-corrected chi connectivity index (χ4v) is 1.56. The second-order valence-corrected chi connectivity index (χ2v) is 3.85. The minimum absolute atomic E-state index is 0.395. The smallest absolute Gasteiger partial charge is 0.381 e. The van der Waals surface area contributed by atoms with Crippen LogP contribution in [0.4, 0.5) is 0 Å². The van der Waals surface area contributed by atoms with Crippen molar-refractivity contribution in [2.75, 3.05) is 6.61 Å². The van der Waals surface area contributed by atoms with Crippen molar-refractivity contribution in [1.82, 2.24) is 0 Å². The van der Waals surface area contributed by atoms with E-state index in [9.17, 15) is 14.4 Å². The van der Waals surface area contributed by atoms with Gasteiger partial charge in [-0.1, -0.05) is 18.2 Å². The van der Waals surface area contributed by atoms with Crippen LogP contribution in [0.15, 0.2) is 35.6 Å². The molecule has 1 rings (SSSR count). The molecule has 0 saturated carbocycles. The van der Waals surface area contributed by atoms with Crippen LogP contribution in [0.2, 0.25) is 0 Å². The van der Waals surface area contributed by atoms with Gasteiger partial charge < -0.3 is 4.74 Å². The molecule has 8 heteroatoms. The summed E-state index contributed by atoms with van der Waals surface area (Å²) in [6.45, 7) is 1.43. The Morgan fingerprint density at radius 1 is 1.20 bits per heavy atom. The van der Waals surface area contributed by atoms with E-state index in [4.69, 9.17) is 10.3 Å². The quantitative estimate of drug-likeness (QED) is 0.274. The Hall–Kier alpha value is -2.70. The van der Waals surface area contributed by atoms with Crippen molar-refractivity contribution >= 4 is 17.7 Å². The highest BCUT2D eigenvalue weighted by molar-refractivity contribution is 5.96. The van der Waals surface area contributed by atoms with Crippen molar-refractivity contribution in [1.29, 1.82) is 0 Å². The van der Waals surface area contributed by atoms with Gasteiger partial charge in [0.05, 0.1) is 18.8 Å². The Balaban J connectivity index is 2.98. The first kappa shape index (κ1) is 15.4. The van der Waals surface area contributed by atoms with Crippen molar-refractivity contribution < 1.29 is 23.7 Å². The largest absolute Gasteiger partial charge is 0.479 e. The van der Waals surface area contributed by atoms with E-state index in [1.165, 1.54) is 0 Å². The van der Waals surface area contributed by atoms with Crippen LogP contribution < -0.4 is 4.74 Å². The Kier molecular flexibility index (Phi) is 4.96. The lowest BCUT2D eigenvalue weighted by atomic mass is 10.3. The van der Waals surface area contributed by atoms with Crippen LogP contribution in [-0.2, 0) is 14.4 Å². The minimum Gasteiger partial charge on any atom is -0.479 e. The molecule has 0 spiro atoms. The molecule has 0 radical (unpaired) electrons. The minimum atomic E-state index is -1.58. The Morgan fingerprint density at radius 2 is 1.75 bits per heavy atom. The van der Waals surface area contributed by atoms with Gasteiger partial charge in [0.2, 0.25) is 6.61 Å². The molecular weight excluding hydrogens is 264 g/mol. The first-order chi connectivity index (χ1) is 9.45. The number of carbonyl (C=O) groups excluding carboxylic acids is 3. The molecule has 0 heterocycles. The standard InChI is InChI=1S/C12H13N4O4/c1-9(17)16(10(2)18,15-14-13)12(19)8-20-11-6-4-3-5-7-11/h3-7H,8H2,1-2H3/q+1. The van der Waals surface area contributed by atoms with Crippen LogP contribution in [0.3, 0.4) is 0 Å². The summed E-state index contributed by atoms with van der Waals surface area (Å²) in [7, 11) is 0. The molecule has 0 aliphatic carbocycles. The van der Waals surface area contributed by atoms with Gasteiger partial charge in [-0.05, 0) is 16.7 Å². The molecule has 0 saturated heterocycles. The fourth-order valence-electron chi connectivity index (χ4n) is 1.56. The van der Waals surface area contributed by atoms with Crippen molar-refractivity contribution in [3.05, 3.63) is 40.8 Å². The van der Waals surface area contributed by atoms with Crippen molar-refractivity contribution in [2.24, 2.45) is 5.22 Å². The van der Waals surface area contributed by atoms with E-state index in [0.717, 1.165) is 13.8 Å². The molecule has 1 aromatic carbocycles. The Labute approximate surface area is 114 Å². The highest BCUT2D eigenvalue weighted by Crippen LogP contribution is 2.14. The van der Waals surface area contributed by atoms with E-state index in [1.807, 2.05) is 0 Å². The van der Waals surface area contributed by atoms with E-state index in [1.54, 1.807) is 30.3 Å². The summed E-state index contributed by atoms with van der Waals surface area (Å²) in [4.78, 5) is 37.6. The molecule has 8 nitrogen and oxygen atoms in total. The predicted octanol–water partition coefficient (Wildman–Crippen LogP) is 1.73. The summed E-state index contributed by atoms with van der Waals surface area (Å²) >= 11 is 0. The number of hydrogen-bond donors (Lipinski definition) is 0. The van der Waals surface area contributed by atoms with Gasteiger partial charge in [-0.25, -0.2) is 14.4 Å². The molecule has 0 bridgehead atoms. The van der Waals surface area contributed by atoms with Crippen LogP contribution in [0.1, 0.15) is 13.8 Å². The van der Waals surface area contributed by atoms with E-state index < -0.39 is 28.9 Å². The van der Waals surface area contributed by atoms with Gasteiger partial charge in [0, 0.05) is 5.53 Å². The highest BCUT2D eigenvalue weighted by atomic mass is 16.5. The average molecular weight is 277 g/mol. The number of nitrogens with zero attached hydrogens (tertiary/aromatic N) is 4. The van der Waals surface area contributed by atoms with Crippen LogP contribution in [0, 0.1) is 0 Å². The normalized spacial score (nSPS) is 10.3. The number of quaternary nitrogens is 1. The summed E-state index contributed by atoms with van der Waals surface area (Å²) in [6, 6.07) is 8.38. The van der Waals surface area contributed by atoms with Gasteiger partial charge >= 0.3 is 17.7 Å². The Bertz CT molecular complexity index is 559. The number of carbonyl (C=O) groups is 3. The molecular formula is C12H13N4O4+. The highest BCUT2D eigenvalue weighted by Gasteiger charge is 2.48. The monoisotopic (exact) mass is 277 g/mol. The summed E-state index contributed by atoms with van der Waals surface area (Å²) in [5.41, 5.74) is 8.48. The van der Waals surface area contributed by atoms with Gasteiger partial charge in [0.1, 0.15) is 11.0 Å². The number of rotatable bonds is 4. The summed E-state index contributed by atoms with van der Waals surface area (Å²) in [5, 5.41) is 3.06. The number of benzene rings is 1. The predicted molar refractivity (Wildman–Crippen MR) is 67.7 cm³/mol. The van der Waals surface area contributed by atoms with E-state index in [2.05, 4.69) is 10.1 Å². The van der Waals surface area contributed by atoms with E-state index in [-0.39, 0.29) is 0 Å². The van der Waals surface area contributed by atoms with Gasteiger partial charge in [-0.15, -0.1) is 0 Å². The maximum absolute atomic E-state index is 12.1. The lowest BCUT2D eigenvalue weighted by Crippen LogP contribution is -2.56. The fraction of sp³-hybridized carbons (Fsp3) is 0.250. The first-order valence-corrected chi connectivity index (χ1v) is 5.64. The van der Waals surface area contributed by atoms with Gasteiger partial charge in [-0.3, -0.25) is 0 Å². The lowest BCUT2D eigenvalue weighted by Gasteiger charge is -2.20. The van der Waals surface area contributed by atoms with Gasteiger partial charge in [0.15, 0.2) is 0 Å². The van der Waals surface area contributed by atoms with Gasteiger partial charge in [0.25, 0.3) is 0 Å². The van der Waals surface area contributed by atoms with E-state index in [0.29, 0.717) is 5.75 Å². The molecule has 104 valence electrons. The number of azide groups is 1. The zero-order valence-corrected chi connectivity index (χ0v) is 11.0. The van der Waals surface area contributed by atoms with Crippen molar-refractivity contribution in [2.45, 2.75) is 13.8 Å². The molecule has 0 aliphatic rings. The number of amides is 3. The zero-order valence-electron chi connectivity index (χ0n) is 11.0. The number of imide groups is 3. The molecule has 0 unspecified atom stereocenters. The topological polar surface area (TPSA) is 109 Å². The number of para-hydroxylation sites is 1. The number of hydrogen-bond acceptors (Lipinski definition) is 5. The molecule has 20 heavy (non-hydrogen) atoms. The molecule has 0 fully saturated rings. The summed E-state index contributed by atoms with van der Waals surface area (Å²) < 4.78 is 3.59. The first-order valence-electron chi connectivity index (χ1n) is 5.64. The maximum Gasteiger partial charge on any atom is 0.381 e. The third-order valence-corrected chi connectivity index (χ3v) is 2.55. The average Bonchev–Trinajstić information content (AvgIpc) is 2.42. The molecule has 3 amide bonds. The molecule has 0 atom stereocenters. The van der Waals surface area contributed by atoms with Crippen molar-refractivity contribution in [3.63, 3.8) is 0 Å². The second-order valence-electron chi connectivity index (χ2n) is 3.85. The van der Waals surface area contributed by atoms with Crippen LogP contribution in [-0.4, -0.2) is 28.9 Å². The molecule has 0 aromatic heterocycles. The molecule has 0 N–H and O–H groups in total. The maximum atomic E-state index is 12.1. The second kappa shape index (κ2) is 6.46. The SMILES string of the molecule is CC(=O)[N+](N=[N+]=[N-])(C(C)=O)C(=O)COc1ccccc1. The molecule has 1 aromatic rings. The van der Waals surface area contributed by atoms with Crippen LogP contribution >= 0.6 is 0 Å². The number of ether oxygens (including phenoxy) is 1. The molecule has 0 aliphatic heterocycles. The van der Waals surface area contributed by atoms with Crippen LogP contribution in [0.5, 0.6) is 5.75 Å². The third-order valence-electron chi connectivity index (χ3n) is 2.55.